The molecule has 0 amide bonds. The van der Waals surface area contributed by atoms with Crippen molar-refractivity contribution in [3.05, 3.63) is 58.0 Å². The van der Waals surface area contributed by atoms with Crippen LogP contribution in [0.15, 0.2) is 46.2 Å². The maximum absolute atomic E-state index is 12.9. The first-order valence-electron chi connectivity index (χ1n) is 7.39. The van der Waals surface area contributed by atoms with Gasteiger partial charge in [0.1, 0.15) is 4.91 Å². The molecule has 0 aromatic heterocycles. The fourth-order valence-electron chi connectivity index (χ4n) is 2.76. The standard InChI is InChI=1S/C18H18O5S/c1-11-7-12(2)9-14(8-11)24(20,21)16-10-13-5-4-6-15(22-3)17(13)23-18(16)19/h4-10,18-19H,1-3H3. The van der Waals surface area contributed by atoms with Crippen LogP contribution in [0.3, 0.4) is 0 Å². The number of aliphatic hydroxyl groups excluding tert-OH is 1. The van der Waals surface area contributed by atoms with Crippen LogP contribution >= 0.6 is 0 Å². The molecule has 2 aromatic rings. The normalized spacial score (nSPS) is 16.8. The Labute approximate surface area is 141 Å². The number of ether oxygens (including phenoxy) is 2. The maximum Gasteiger partial charge on any atom is 0.235 e. The molecule has 1 N–H and O–H groups in total. The molecule has 0 radical (unpaired) electrons. The van der Waals surface area contributed by atoms with Gasteiger partial charge < -0.3 is 14.6 Å². The number of rotatable bonds is 3. The number of aliphatic hydroxyl groups is 1. The predicted octanol–water partition coefficient (Wildman–Crippen LogP) is 2.84. The van der Waals surface area contributed by atoms with Crippen LogP contribution in [0.4, 0.5) is 0 Å². The second-order valence-corrected chi connectivity index (χ2v) is 7.67. The summed E-state index contributed by atoms with van der Waals surface area (Å²) in [7, 11) is -2.39. The first-order valence-corrected chi connectivity index (χ1v) is 8.88. The molecule has 24 heavy (non-hydrogen) atoms. The van der Waals surface area contributed by atoms with E-state index in [-0.39, 0.29) is 9.80 Å². The van der Waals surface area contributed by atoms with E-state index in [2.05, 4.69) is 0 Å². The molecular weight excluding hydrogens is 328 g/mol. The number of sulfone groups is 1. The molecule has 1 aliphatic rings. The van der Waals surface area contributed by atoms with Crippen molar-refractivity contribution in [1.29, 1.82) is 0 Å². The van der Waals surface area contributed by atoms with Gasteiger partial charge in [0.15, 0.2) is 11.5 Å². The Kier molecular flexibility index (Phi) is 4.11. The highest BCUT2D eigenvalue weighted by Crippen LogP contribution is 2.39. The summed E-state index contributed by atoms with van der Waals surface area (Å²) in [6.07, 6.45) is -0.154. The van der Waals surface area contributed by atoms with E-state index in [4.69, 9.17) is 9.47 Å². The van der Waals surface area contributed by atoms with Crippen LogP contribution in [-0.2, 0) is 9.84 Å². The Morgan fingerprint density at radius 3 is 2.42 bits per heavy atom. The Morgan fingerprint density at radius 1 is 1.12 bits per heavy atom. The summed E-state index contributed by atoms with van der Waals surface area (Å²) in [4.78, 5) is -0.0477. The van der Waals surface area contributed by atoms with Gasteiger partial charge in [-0.2, -0.15) is 0 Å². The van der Waals surface area contributed by atoms with Crippen LogP contribution in [0, 0.1) is 13.8 Å². The van der Waals surface area contributed by atoms with Crippen LogP contribution in [-0.4, -0.2) is 26.9 Å². The molecule has 1 aliphatic heterocycles. The highest BCUT2D eigenvalue weighted by Gasteiger charge is 2.33. The molecule has 126 valence electrons. The largest absolute Gasteiger partial charge is 0.493 e. The van der Waals surface area contributed by atoms with E-state index >= 15 is 0 Å². The summed E-state index contributed by atoms with van der Waals surface area (Å²) < 4.78 is 36.5. The Balaban J connectivity index is 2.15. The minimum absolute atomic E-state index is 0.139. The lowest BCUT2D eigenvalue weighted by atomic mass is 10.1. The van der Waals surface area contributed by atoms with Crippen molar-refractivity contribution in [3.63, 3.8) is 0 Å². The third kappa shape index (κ3) is 2.79. The van der Waals surface area contributed by atoms with E-state index in [0.717, 1.165) is 11.1 Å². The van der Waals surface area contributed by atoms with Gasteiger partial charge in [-0.05, 0) is 49.2 Å². The first-order chi connectivity index (χ1) is 11.3. The zero-order valence-corrected chi connectivity index (χ0v) is 14.4. The van der Waals surface area contributed by atoms with Crippen molar-refractivity contribution in [1.82, 2.24) is 0 Å². The molecule has 0 spiro atoms. The average Bonchev–Trinajstić information content (AvgIpc) is 2.52. The molecule has 6 heteroatoms. The van der Waals surface area contributed by atoms with Crippen LogP contribution in [0.2, 0.25) is 0 Å². The Bertz CT molecular complexity index is 908. The third-order valence-corrected chi connectivity index (χ3v) is 5.61. The summed E-state index contributed by atoms with van der Waals surface area (Å²) in [5, 5.41) is 10.2. The van der Waals surface area contributed by atoms with Crippen LogP contribution in [0.5, 0.6) is 11.5 Å². The number of aryl methyl sites for hydroxylation is 2. The number of hydrogen-bond acceptors (Lipinski definition) is 5. The molecule has 1 heterocycles. The van der Waals surface area contributed by atoms with E-state index in [1.807, 2.05) is 19.9 Å². The molecule has 0 saturated carbocycles. The summed E-state index contributed by atoms with van der Waals surface area (Å²) in [5.74, 6) is 0.762. The molecule has 1 unspecified atom stereocenters. The first kappa shape index (κ1) is 16.5. The van der Waals surface area contributed by atoms with Crippen molar-refractivity contribution < 1.29 is 23.0 Å². The number of methoxy groups -OCH3 is 1. The molecular formula is C18H18O5S. The van der Waals surface area contributed by atoms with Gasteiger partial charge in [0, 0.05) is 5.56 Å². The second-order valence-electron chi connectivity index (χ2n) is 5.72. The van der Waals surface area contributed by atoms with Crippen molar-refractivity contribution in [2.45, 2.75) is 25.0 Å². The van der Waals surface area contributed by atoms with Gasteiger partial charge in [-0.15, -0.1) is 0 Å². The molecule has 1 atom stereocenters. The zero-order chi connectivity index (χ0) is 17.5. The van der Waals surface area contributed by atoms with Crippen molar-refractivity contribution >= 4 is 15.9 Å². The van der Waals surface area contributed by atoms with Gasteiger partial charge in [-0.1, -0.05) is 18.2 Å². The molecule has 0 bridgehead atoms. The van der Waals surface area contributed by atoms with E-state index in [9.17, 15) is 13.5 Å². The van der Waals surface area contributed by atoms with Gasteiger partial charge in [0.05, 0.1) is 12.0 Å². The second kappa shape index (κ2) is 5.96. The SMILES string of the molecule is COc1cccc2c1OC(O)C(S(=O)(=O)c1cc(C)cc(C)c1)=C2. The number of para-hydroxylation sites is 1. The Morgan fingerprint density at radius 2 is 1.79 bits per heavy atom. The smallest absolute Gasteiger partial charge is 0.235 e. The minimum atomic E-state index is -3.87. The number of hydrogen-bond donors (Lipinski definition) is 1. The third-order valence-electron chi connectivity index (χ3n) is 3.82. The monoisotopic (exact) mass is 346 g/mol. The van der Waals surface area contributed by atoms with Crippen LogP contribution in [0.25, 0.3) is 6.08 Å². The highest BCUT2D eigenvalue weighted by atomic mass is 32.2. The fraction of sp³-hybridized carbons (Fsp3) is 0.222. The lowest BCUT2D eigenvalue weighted by Gasteiger charge is -2.24. The van der Waals surface area contributed by atoms with Crippen LogP contribution in [0.1, 0.15) is 16.7 Å². The van der Waals surface area contributed by atoms with E-state index in [0.29, 0.717) is 17.1 Å². The van der Waals surface area contributed by atoms with Gasteiger partial charge >= 0.3 is 0 Å². The number of benzene rings is 2. The molecule has 0 saturated heterocycles. The van der Waals surface area contributed by atoms with Crippen molar-refractivity contribution in [3.8, 4) is 11.5 Å². The summed E-state index contributed by atoms with van der Waals surface area (Å²) in [6.45, 7) is 3.66. The predicted molar refractivity (Wildman–Crippen MR) is 90.7 cm³/mol. The number of fused-ring (bicyclic) bond motifs is 1. The van der Waals surface area contributed by atoms with Crippen molar-refractivity contribution in [2.24, 2.45) is 0 Å². The van der Waals surface area contributed by atoms with E-state index < -0.39 is 16.1 Å². The van der Waals surface area contributed by atoms with Gasteiger partial charge in [0.2, 0.25) is 16.1 Å². The topological polar surface area (TPSA) is 72.8 Å². The highest BCUT2D eigenvalue weighted by molar-refractivity contribution is 7.95. The van der Waals surface area contributed by atoms with Gasteiger partial charge in [0.25, 0.3) is 0 Å². The average molecular weight is 346 g/mol. The molecule has 0 aliphatic carbocycles. The van der Waals surface area contributed by atoms with E-state index in [1.165, 1.54) is 13.2 Å². The Hall–Kier alpha value is -2.31. The van der Waals surface area contributed by atoms with Crippen molar-refractivity contribution in [2.75, 3.05) is 7.11 Å². The zero-order valence-electron chi connectivity index (χ0n) is 13.6. The molecule has 5 nitrogen and oxygen atoms in total. The van der Waals surface area contributed by atoms with Crippen LogP contribution < -0.4 is 9.47 Å². The maximum atomic E-state index is 12.9. The van der Waals surface area contributed by atoms with Gasteiger partial charge in [-0.3, -0.25) is 0 Å². The molecule has 0 fully saturated rings. The minimum Gasteiger partial charge on any atom is -0.493 e. The lowest BCUT2D eigenvalue weighted by Crippen LogP contribution is -2.27. The van der Waals surface area contributed by atoms with Gasteiger partial charge in [-0.25, -0.2) is 8.42 Å². The van der Waals surface area contributed by atoms with E-state index in [1.54, 1.807) is 30.3 Å². The summed E-state index contributed by atoms with van der Waals surface area (Å²) in [5.41, 5.74) is 2.22. The quantitative estimate of drug-likeness (QED) is 0.925. The summed E-state index contributed by atoms with van der Waals surface area (Å²) in [6, 6.07) is 10.2. The molecule has 3 rings (SSSR count). The lowest BCUT2D eigenvalue weighted by molar-refractivity contribution is 0.0169. The molecule has 2 aromatic carbocycles. The fourth-order valence-corrected chi connectivity index (χ4v) is 4.31. The summed E-state index contributed by atoms with van der Waals surface area (Å²) >= 11 is 0.